The monoisotopic (exact) mass is 354 g/mol. The van der Waals surface area contributed by atoms with E-state index in [9.17, 15) is 0 Å². The Kier molecular flexibility index (Phi) is 3.96. The SMILES string of the molecule is Cc1cccn2cc(-c3ccc(NCc4cnc(Cl)s4)cc3)nc12. The first-order chi connectivity index (χ1) is 11.7. The number of nitrogens with one attached hydrogen (secondary N) is 1. The largest absolute Gasteiger partial charge is 0.380 e. The number of rotatable bonds is 4. The van der Waals surface area contributed by atoms with Gasteiger partial charge in [-0.05, 0) is 30.7 Å². The van der Waals surface area contributed by atoms with Crippen LogP contribution in [0.25, 0.3) is 16.9 Å². The third-order valence-electron chi connectivity index (χ3n) is 3.85. The second kappa shape index (κ2) is 6.26. The fourth-order valence-electron chi connectivity index (χ4n) is 2.61. The van der Waals surface area contributed by atoms with E-state index in [4.69, 9.17) is 16.6 Å². The number of nitrogens with zero attached hydrogens (tertiary/aromatic N) is 3. The Bertz CT molecular complexity index is 988. The molecule has 1 N–H and O–H groups in total. The van der Waals surface area contributed by atoms with Crippen molar-refractivity contribution in [3.05, 3.63) is 69.9 Å². The number of aryl methyl sites for hydroxylation is 1. The third-order valence-corrected chi connectivity index (χ3v) is 4.97. The van der Waals surface area contributed by atoms with Crippen molar-refractivity contribution in [2.45, 2.75) is 13.5 Å². The van der Waals surface area contributed by atoms with Crippen LogP contribution in [0, 0.1) is 6.92 Å². The molecule has 4 nitrogen and oxygen atoms in total. The Hall–Kier alpha value is -2.37. The van der Waals surface area contributed by atoms with Crippen molar-refractivity contribution >= 4 is 34.3 Å². The molecule has 24 heavy (non-hydrogen) atoms. The van der Waals surface area contributed by atoms with Crippen LogP contribution < -0.4 is 5.32 Å². The number of benzene rings is 1. The minimum atomic E-state index is 0.573. The maximum absolute atomic E-state index is 5.85. The van der Waals surface area contributed by atoms with E-state index in [1.807, 2.05) is 12.3 Å². The first-order valence-corrected chi connectivity index (χ1v) is 8.77. The van der Waals surface area contributed by atoms with Crippen molar-refractivity contribution in [1.29, 1.82) is 0 Å². The normalized spacial score (nSPS) is 11.1. The van der Waals surface area contributed by atoms with Crippen molar-refractivity contribution in [2.24, 2.45) is 0 Å². The summed E-state index contributed by atoms with van der Waals surface area (Å²) in [7, 11) is 0. The highest BCUT2D eigenvalue weighted by atomic mass is 35.5. The lowest BCUT2D eigenvalue weighted by Gasteiger charge is -2.05. The number of anilines is 1. The van der Waals surface area contributed by atoms with E-state index in [0.717, 1.165) is 34.0 Å². The molecular weight excluding hydrogens is 340 g/mol. The minimum absolute atomic E-state index is 0.573. The summed E-state index contributed by atoms with van der Waals surface area (Å²) >= 11 is 7.34. The molecule has 0 saturated heterocycles. The molecule has 3 heterocycles. The molecule has 3 aromatic heterocycles. The van der Waals surface area contributed by atoms with Crippen LogP contribution in [-0.4, -0.2) is 14.4 Å². The molecule has 0 aliphatic carbocycles. The maximum atomic E-state index is 5.85. The van der Waals surface area contributed by atoms with Gasteiger partial charge in [0.05, 0.1) is 12.2 Å². The lowest BCUT2D eigenvalue weighted by molar-refractivity contribution is 1.16. The molecule has 0 unspecified atom stereocenters. The van der Waals surface area contributed by atoms with Gasteiger partial charge in [-0.1, -0.05) is 29.8 Å². The highest BCUT2D eigenvalue weighted by Gasteiger charge is 2.06. The average Bonchev–Trinajstić information content (AvgIpc) is 3.20. The summed E-state index contributed by atoms with van der Waals surface area (Å²) < 4.78 is 2.63. The predicted octanol–water partition coefficient (Wildman–Crippen LogP) is 5.03. The van der Waals surface area contributed by atoms with Crippen LogP contribution in [0.5, 0.6) is 0 Å². The van der Waals surface area contributed by atoms with E-state index >= 15 is 0 Å². The van der Waals surface area contributed by atoms with E-state index in [2.05, 4.69) is 58.2 Å². The van der Waals surface area contributed by atoms with Crippen LogP contribution in [0.3, 0.4) is 0 Å². The predicted molar refractivity (Wildman–Crippen MR) is 99.8 cm³/mol. The van der Waals surface area contributed by atoms with Gasteiger partial charge >= 0.3 is 0 Å². The summed E-state index contributed by atoms with van der Waals surface area (Å²) in [4.78, 5) is 9.88. The molecule has 4 aromatic rings. The van der Waals surface area contributed by atoms with E-state index in [-0.39, 0.29) is 0 Å². The van der Waals surface area contributed by atoms with Crippen LogP contribution in [-0.2, 0) is 6.54 Å². The molecule has 0 spiro atoms. The van der Waals surface area contributed by atoms with Crippen LogP contribution >= 0.6 is 22.9 Å². The lowest BCUT2D eigenvalue weighted by atomic mass is 10.1. The number of hydrogen-bond donors (Lipinski definition) is 1. The molecule has 0 fully saturated rings. The number of pyridine rings is 1. The fourth-order valence-corrected chi connectivity index (χ4v) is 3.52. The van der Waals surface area contributed by atoms with E-state index < -0.39 is 0 Å². The first-order valence-electron chi connectivity index (χ1n) is 7.58. The Labute approximate surface area is 148 Å². The van der Waals surface area contributed by atoms with E-state index in [0.29, 0.717) is 4.47 Å². The lowest BCUT2D eigenvalue weighted by Crippen LogP contribution is -1.96. The zero-order valence-electron chi connectivity index (χ0n) is 13.0. The standard InChI is InChI=1S/C18H15ClN4S/c1-12-3-2-8-23-11-16(22-17(12)23)13-4-6-14(7-5-13)20-9-15-10-21-18(19)24-15/h2-8,10-11,20H,9H2,1H3. The molecule has 0 aliphatic rings. The number of fused-ring (bicyclic) bond motifs is 1. The van der Waals surface area contributed by atoms with Gasteiger partial charge < -0.3 is 9.72 Å². The smallest absolute Gasteiger partial charge is 0.183 e. The fraction of sp³-hybridized carbons (Fsp3) is 0.111. The molecule has 0 bridgehead atoms. The van der Waals surface area contributed by atoms with Gasteiger partial charge in [0, 0.05) is 34.7 Å². The quantitative estimate of drug-likeness (QED) is 0.558. The molecular formula is C18H15ClN4S. The molecule has 0 atom stereocenters. The number of imidazole rings is 1. The molecule has 0 amide bonds. The van der Waals surface area contributed by atoms with E-state index in [1.54, 1.807) is 6.20 Å². The summed E-state index contributed by atoms with van der Waals surface area (Å²) in [6.07, 6.45) is 5.88. The number of thiazole rings is 1. The minimum Gasteiger partial charge on any atom is -0.380 e. The van der Waals surface area contributed by atoms with Gasteiger partial charge in [-0.3, -0.25) is 0 Å². The zero-order chi connectivity index (χ0) is 16.5. The molecule has 4 rings (SSSR count). The highest BCUT2D eigenvalue weighted by molar-refractivity contribution is 7.15. The van der Waals surface area contributed by atoms with Gasteiger partial charge in [0.2, 0.25) is 0 Å². The zero-order valence-corrected chi connectivity index (χ0v) is 14.6. The average molecular weight is 355 g/mol. The Morgan fingerprint density at radius 2 is 2.04 bits per heavy atom. The Balaban J connectivity index is 1.53. The third kappa shape index (κ3) is 3.00. The highest BCUT2D eigenvalue weighted by Crippen LogP contribution is 2.23. The number of hydrogen-bond acceptors (Lipinski definition) is 4. The second-order valence-electron chi connectivity index (χ2n) is 5.56. The number of aromatic nitrogens is 3. The van der Waals surface area contributed by atoms with Crippen LogP contribution in [0.1, 0.15) is 10.4 Å². The van der Waals surface area contributed by atoms with Gasteiger partial charge in [-0.2, -0.15) is 0 Å². The van der Waals surface area contributed by atoms with Crippen molar-refractivity contribution in [3.63, 3.8) is 0 Å². The summed E-state index contributed by atoms with van der Waals surface area (Å²) in [5.41, 5.74) is 5.31. The Morgan fingerprint density at radius 1 is 1.21 bits per heavy atom. The number of halogens is 1. The van der Waals surface area contributed by atoms with Gasteiger partial charge in [0.15, 0.2) is 4.47 Å². The van der Waals surface area contributed by atoms with Crippen molar-refractivity contribution in [1.82, 2.24) is 14.4 Å². The van der Waals surface area contributed by atoms with Crippen LogP contribution in [0.4, 0.5) is 5.69 Å². The van der Waals surface area contributed by atoms with Gasteiger partial charge in [0.1, 0.15) is 5.65 Å². The van der Waals surface area contributed by atoms with Crippen molar-refractivity contribution in [2.75, 3.05) is 5.32 Å². The molecule has 1 aromatic carbocycles. The maximum Gasteiger partial charge on any atom is 0.183 e. The van der Waals surface area contributed by atoms with Crippen molar-refractivity contribution in [3.8, 4) is 11.3 Å². The van der Waals surface area contributed by atoms with Crippen molar-refractivity contribution < 1.29 is 0 Å². The summed E-state index contributed by atoms with van der Waals surface area (Å²) in [6.45, 7) is 2.79. The van der Waals surface area contributed by atoms with E-state index in [1.165, 1.54) is 16.9 Å². The van der Waals surface area contributed by atoms with Crippen LogP contribution in [0.15, 0.2) is 55.0 Å². The summed E-state index contributed by atoms with van der Waals surface area (Å²) in [5, 5.41) is 3.37. The molecule has 0 aliphatic heterocycles. The Morgan fingerprint density at radius 3 is 2.75 bits per heavy atom. The topological polar surface area (TPSA) is 42.2 Å². The second-order valence-corrected chi connectivity index (χ2v) is 7.26. The summed E-state index contributed by atoms with van der Waals surface area (Å²) in [5.74, 6) is 0. The molecule has 0 saturated carbocycles. The van der Waals surface area contributed by atoms with Gasteiger partial charge in [0.25, 0.3) is 0 Å². The summed E-state index contributed by atoms with van der Waals surface area (Å²) in [6, 6.07) is 12.4. The molecule has 6 heteroatoms. The van der Waals surface area contributed by atoms with Crippen LogP contribution in [0.2, 0.25) is 4.47 Å². The molecule has 0 radical (unpaired) electrons. The van der Waals surface area contributed by atoms with Gasteiger partial charge in [-0.15, -0.1) is 11.3 Å². The van der Waals surface area contributed by atoms with Gasteiger partial charge in [-0.25, -0.2) is 9.97 Å². The first kappa shape index (κ1) is 15.2. The molecule has 120 valence electrons.